The zero-order valence-corrected chi connectivity index (χ0v) is 14.2. The Morgan fingerprint density at radius 2 is 1.88 bits per heavy atom. The van der Waals surface area contributed by atoms with Crippen molar-refractivity contribution in [2.45, 2.75) is 6.92 Å². The first-order valence-electron chi connectivity index (χ1n) is 7.27. The number of aryl methyl sites for hydroxylation is 1. The molecule has 0 unspecified atom stereocenters. The van der Waals surface area contributed by atoms with Crippen LogP contribution in [-0.2, 0) is 0 Å². The number of thiophene rings is 1. The minimum Gasteiger partial charge on any atom is -0.477 e. The highest BCUT2D eigenvalue weighted by Gasteiger charge is 2.18. The third kappa shape index (κ3) is 3.38. The predicted octanol–water partition coefficient (Wildman–Crippen LogP) is 3.53. The number of hydrogen-bond donors (Lipinski definition) is 2. The summed E-state index contributed by atoms with van der Waals surface area (Å²) >= 11 is 1.16. The van der Waals surface area contributed by atoms with Crippen molar-refractivity contribution in [2.24, 2.45) is 0 Å². The van der Waals surface area contributed by atoms with Gasteiger partial charge in [-0.15, -0.1) is 11.3 Å². The molecule has 128 valence electrons. The number of carbonyl (C=O) groups excluding carboxylic acids is 1. The van der Waals surface area contributed by atoms with Gasteiger partial charge >= 0.3 is 17.6 Å². The number of rotatable bonds is 3. The molecular formula is C17H14N2O5S. The number of aromatic carboxylic acids is 1. The summed E-state index contributed by atoms with van der Waals surface area (Å²) in [6.07, 6.45) is 0. The number of carboxylic acid groups (broad SMARTS) is 1. The fraction of sp³-hybridized carbons (Fsp3) is 0.118. The molecule has 0 aliphatic rings. The van der Waals surface area contributed by atoms with Gasteiger partial charge in [-0.25, -0.2) is 14.4 Å². The van der Waals surface area contributed by atoms with Gasteiger partial charge in [0.25, 0.3) is 0 Å². The van der Waals surface area contributed by atoms with Gasteiger partial charge in [-0.1, -0.05) is 17.7 Å². The zero-order valence-electron chi connectivity index (χ0n) is 13.4. The fourth-order valence-corrected chi connectivity index (χ4v) is 3.15. The van der Waals surface area contributed by atoms with Crippen LogP contribution in [0.1, 0.15) is 15.9 Å². The highest BCUT2D eigenvalue weighted by atomic mass is 32.1. The van der Waals surface area contributed by atoms with Crippen LogP contribution < -0.4 is 15.8 Å². The molecule has 0 saturated heterocycles. The number of anilines is 2. The standard InChI is InChI=1S/C17H14N2O5S/c1-9-3-5-10(6-4-9)18-17(23)19(2)14-8-12-13(25-14)7-11(15(20)21)16(22)24-12/h3-8H,1-2H3,(H,18,23)(H,20,21). The minimum atomic E-state index is -1.35. The molecule has 2 N–H and O–H groups in total. The molecule has 0 radical (unpaired) electrons. The molecule has 0 fully saturated rings. The Morgan fingerprint density at radius 3 is 2.52 bits per heavy atom. The largest absolute Gasteiger partial charge is 0.477 e. The molecule has 8 heteroatoms. The predicted molar refractivity (Wildman–Crippen MR) is 95.9 cm³/mol. The molecule has 0 atom stereocenters. The second-order valence-electron chi connectivity index (χ2n) is 5.42. The van der Waals surface area contributed by atoms with E-state index < -0.39 is 17.2 Å². The van der Waals surface area contributed by atoms with Crippen LogP contribution in [0, 0.1) is 6.92 Å². The highest BCUT2D eigenvalue weighted by Crippen LogP contribution is 2.32. The maximum absolute atomic E-state index is 12.4. The highest BCUT2D eigenvalue weighted by molar-refractivity contribution is 7.22. The Bertz CT molecular complexity index is 1020. The quantitative estimate of drug-likeness (QED) is 0.746. The number of benzene rings is 1. The molecular weight excluding hydrogens is 344 g/mol. The summed E-state index contributed by atoms with van der Waals surface area (Å²) in [5, 5.41) is 12.3. The Balaban J connectivity index is 1.87. The Kier molecular flexibility index (Phi) is 4.28. The van der Waals surface area contributed by atoms with E-state index in [9.17, 15) is 14.4 Å². The number of carboxylic acids is 1. The molecule has 2 aromatic heterocycles. The zero-order chi connectivity index (χ0) is 18.1. The van der Waals surface area contributed by atoms with Crippen molar-refractivity contribution in [1.29, 1.82) is 0 Å². The van der Waals surface area contributed by atoms with Gasteiger partial charge in [-0.05, 0) is 25.1 Å². The molecule has 0 aliphatic heterocycles. The topological polar surface area (TPSA) is 99.9 Å². The number of hydrogen-bond acceptors (Lipinski definition) is 5. The fourth-order valence-electron chi connectivity index (χ4n) is 2.16. The number of nitrogens with zero attached hydrogens (tertiary/aromatic N) is 1. The average molecular weight is 358 g/mol. The SMILES string of the molecule is Cc1ccc(NC(=O)N(C)c2cc3oc(=O)c(C(=O)O)cc3s2)cc1. The maximum Gasteiger partial charge on any atom is 0.351 e. The average Bonchev–Trinajstić information content (AvgIpc) is 2.97. The van der Waals surface area contributed by atoms with E-state index in [1.807, 2.05) is 19.1 Å². The van der Waals surface area contributed by atoms with Crippen LogP contribution in [0.15, 0.2) is 45.6 Å². The monoisotopic (exact) mass is 358 g/mol. The van der Waals surface area contributed by atoms with E-state index in [0.717, 1.165) is 16.9 Å². The molecule has 0 saturated carbocycles. The van der Waals surface area contributed by atoms with Crippen molar-refractivity contribution in [3.63, 3.8) is 0 Å². The van der Waals surface area contributed by atoms with E-state index in [-0.39, 0.29) is 11.6 Å². The Morgan fingerprint density at radius 1 is 1.20 bits per heavy atom. The molecule has 0 bridgehead atoms. The molecule has 2 heterocycles. The summed E-state index contributed by atoms with van der Waals surface area (Å²) in [5.41, 5.74) is 0.622. The smallest absolute Gasteiger partial charge is 0.351 e. The van der Waals surface area contributed by atoms with E-state index in [1.165, 1.54) is 17.0 Å². The van der Waals surface area contributed by atoms with Gasteiger partial charge in [0.2, 0.25) is 0 Å². The number of carbonyl (C=O) groups is 2. The van der Waals surface area contributed by atoms with Crippen LogP contribution in [0.4, 0.5) is 15.5 Å². The van der Waals surface area contributed by atoms with Gasteiger partial charge in [0.15, 0.2) is 5.58 Å². The van der Waals surface area contributed by atoms with Crippen molar-refractivity contribution < 1.29 is 19.1 Å². The Labute approximate surface area is 146 Å². The minimum absolute atomic E-state index is 0.241. The molecule has 0 aliphatic carbocycles. The summed E-state index contributed by atoms with van der Waals surface area (Å²) in [7, 11) is 1.57. The lowest BCUT2D eigenvalue weighted by atomic mass is 10.2. The van der Waals surface area contributed by atoms with E-state index in [4.69, 9.17) is 9.52 Å². The summed E-state index contributed by atoms with van der Waals surface area (Å²) in [5.74, 6) is -1.35. The van der Waals surface area contributed by atoms with Crippen LogP contribution in [0.2, 0.25) is 0 Å². The molecule has 7 nitrogen and oxygen atoms in total. The second kappa shape index (κ2) is 6.40. The van der Waals surface area contributed by atoms with Crippen molar-refractivity contribution in [2.75, 3.05) is 17.3 Å². The van der Waals surface area contributed by atoms with E-state index in [1.54, 1.807) is 19.2 Å². The summed E-state index contributed by atoms with van der Waals surface area (Å²) in [6.45, 7) is 1.95. The molecule has 1 aromatic carbocycles. The van der Waals surface area contributed by atoms with Crippen molar-refractivity contribution in [3.05, 3.63) is 57.9 Å². The van der Waals surface area contributed by atoms with Crippen LogP contribution >= 0.6 is 11.3 Å². The maximum atomic E-state index is 12.4. The van der Waals surface area contributed by atoms with E-state index >= 15 is 0 Å². The number of urea groups is 1. The van der Waals surface area contributed by atoms with Crippen LogP contribution in [0.25, 0.3) is 10.3 Å². The lowest BCUT2D eigenvalue weighted by molar-refractivity contribution is 0.0692. The van der Waals surface area contributed by atoms with Crippen molar-refractivity contribution in [1.82, 2.24) is 0 Å². The molecule has 0 spiro atoms. The first kappa shape index (κ1) is 16.7. The number of amides is 2. The molecule has 25 heavy (non-hydrogen) atoms. The first-order valence-corrected chi connectivity index (χ1v) is 8.09. The lowest BCUT2D eigenvalue weighted by Crippen LogP contribution is -2.30. The van der Waals surface area contributed by atoms with Gasteiger partial charge in [-0.2, -0.15) is 0 Å². The molecule has 3 aromatic rings. The second-order valence-corrected chi connectivity index (χ2v) is 6.48. The van der Waals surface area contributed by atoms with Gasteiger partial charge in [-0.3, -0.25) is 4.90 Å². The van der Waals surface area contributed by atoms with Crippen LogP contribution in [0.5, 0.6) is 0 Å². The Hall–Kier alpha value is -3.13. The summed E-state index contributed by atoms with van der Waals surface area (Å²) in [4.78, 5) is 36.3. The van der Waals surface area contributed by atoms with Gasteiger partial charge in [0.1, 0.15) is 10.6 Å². The summed E-state index contributed by atoms with van der Waals surface area (Å²) in [6, 6.07) is 9.78. The van der Waals surface area contributed by atoms with Crippen LogP contribution in [-0.4, -0.2) is 24.2 Å². The third-order valence-corrected chi connectivity index (χ3v) is 4.72. The number of fused-ring (bicyclic) bond motifs is 1. The van der Waals surface area contributed by atoms with Gasteiger partial charge in [0, 0.05) is 18.8 Å². The molecule has 3 rings (SSSR count). The van der Waals surface area contributed by atoms with Crippen molar-refractivity contribution >= 4 is 44.3 Å². The van der Waals surface area contributed by atoms with Crippen LogP contribution in [0.3, 0.4) is 0 Å². The van der Waals surface area contributed by atoms with Crippen molar-refractivity contribution in [3.8, 4) is 0 Å². The third-order valence-electron chi connectivity index (χ3n) is 3.58. The van der Waals surface area contributed by atoms with Gasteiger partial charge < -0.3 is 14.8 Å². The van der Waals surface area contributed by atoms with E-state index in [2.05, 4.69) is 5.32 Å². The van der Waals surface area contributed by atoms with E-state index in [0.29, 0.717) is 15.4 Å². The molecule has 2 amide bonds. The normalized spacial score (nSPS) is 10.6. The summed E-state index contributed by atoms with van der Waals surface area (Å²) < 4.78 is 5.49. The lowest BCUT2D eigenvalue weighted by Gasteiger charge is -2.15. The van der Waals surface area contributed by atoms with Gasteiger partial charge in [0.05, 0.1) is 4.70 Å². The first-order chi connectivity index (χ1) is 11.8. The number of nitrogens with one attached hydrogen (secondary N) is 1.